The molecule has 0 radical (unpaired) electrons. The first-order chi connectivity index (χ1) is 13.4. The summed E-state index contributed by atoms with van der Waals surface area (Å²) < 4.78 is 27.2. The maximum absolute atomic E-state index is 12.3. The fraction of sp³-hybridized carbons (Fsp3) is 0.333. The van der Waals surface area contributed by atoms with Gasteiger partial charge >= 0.3 is 0 Å². The third-order valence-electron chi connectivity index (χ3n) is 3.93. The number of amides is 2. The topological polar surface area (TPSA) is 118 Å². The molecule has 0 saturated carbocycles. The van der Waals surface area contributed by atoms with E-state index in [2.05, 4.69) is 10.0 Å². The Balaban J connectivity index is 1.89. The number of sulfonamides is 1. The molecule has 0 fully saturated rings. The van der Waals surface area contributed by atoms with Crippen LogP contribution in [0.3, 0.4) is 0 Å². The second kappa shape index (κ2) is 9.19. The highest BCUT2D eigenvalue weighted by Crippen LogP contribution is 2.15. The fourth-order valence-electron chi connectivity index (χ4n) is 2.69. The Morgan fingerprint density at radius 1 is 0.931 bits per heavy atom. The van der Waals surface area contributed by atoms with Gasteiger partial charge in [0, 0.05) is 17.6 Å². The van der Waals surface area contributed by atoms with Crippen molar-refractivity contribution in [3.63, 3.8) is 0 Å². The molecule has 2 rings (SSSR count). The van der Waals surface area contributed by atoms with Gasteiger partial charge in [-0.15, -0.1) is 0 Å². The Labute approximate surface area is 171 Å². The molecule has 0 spiro atoms. The van der Waals surface area contributed by atoms with Crippen molar-refractivity contribution in [3.8, 4) is 0 Å². The number of anilines is 1. The molecule has 0 aliphatic heterocycles. The Morgan fingerprint density at radius 3 is 2.00 bits per heavy atom. The maximum atomic E-state index is 12.3. The van der Waals surface area contributed by atoms with Crippen LogP contribution in [0.5, 0.6) is 0 Å². The molecule has 0 bridgehead atoms. The normalized spacial score (nSPS) is 11.8. The zero-order chi connectivity index (χ0) is 21.7. The van der Waals surface area contributed by atoms with E-state index in [0.29, 0.717) is 12.1 Å². The number of carbonyl (C=O) groups excluding carboxylic acids is 2. The average Bonchev–Trinajstić information content (AvgIpc) is 2.59. The highest BCUT2D eigenvalue weighted by molar-refractivity contribution is 7.89. The van der Waals surface area contributed by atoms with Gasteiger partial charge in [0.25, 0.3) is 0 Å². The zero-order valence-corrected chi connectivity index (χ0v) is 17.7. The van der Waals surface area contributed by atoms with E-state index in [1.807, 2.05) is 0 Å². The number of nitrogens with one attached hydrogen (secondary N) is 2. The number of benzene rings is 2. The van der Waals surface area contributed by atoms with Crippen LogP contribution in [-0.4, -0.2) is 25.8 Å². The summed E-state index contributed by atoms with van der Waals surface area (Å²) in [6.07, 6.45) is 0.902. The van der Waals surface area contributed by atoms with Crippen molar-refractivity contribution in [2.75, 3.05) is 5.32 Å². The SMILES string of the molecule is CC(C)(C)NS(=O)(=O)c1ccc(CCC(=O)Nc2ccc(CC(N)=O)cc2)cc1. The Morgan fingerprint density at radius 2 is 1.48 bits per heavy atom. The molecule has 4 N–H and O–H groups in total. The third-order valence-corrected chi connectivity index (χ3v) is 5.70. The molecule has 7 nitrogen and oxygen atoms in total. The smallest absolute Gasteiger partial charge is 0.241 e. The number of primary amides is 1. The zero-order valence-electron chi connectivity index (χ0n) is 16.9. The largest absolute Gasteiger partial charge is 0.369 e. The van der Waals surface area contributed by atoms with Crippen molar-refractivity contribution >= 4 is 27.5 Å². The van der Waals surface area contributed by atoms with Gasteiger partial charge in [0.15, 0.2) is 0 Å². The van der Waals surface area contributed by atoms with Crippen molar-refractivity contribution < 1.29 is 18.0 Å². The summed E-state index contributed by atoms with van der Waals surface area (Å²) in [7, 11) is -3.58. The van der Waals surface area contributed by atoms with Crippen LogP contribution in [0.4, 0.5) is 5.69 Å². The van der Waals surface area contributed by atoms with E-state index in [9.17, 15) is 18.0 Å². The van der Waals surface area contributed by atoms with Gasteiger partial charge in [-0.1, -0.05) is 24.3 Å². The van der Waals surface area contributed by atoms with Crippen molar-refractivity contribution in [3.05, 3.63) is 59.7 Å². The molecule has 0 atom stereocenters. The second-order valence-electron chi connectivity index (χ2n) is 7.89. The van der Waals surface area contributed by atoms with Gasteiger partial charge in [0.2, 0.25) is 21.8 Å². The van der Waals surface area contributed by atoms with Crippen LogP contribution in [0.25, 0.3) is 0 Å². The minimum Gasteiger partial charge on any atom is -0.369 e. The van der Waals surface area contributed by atoms with E-state index < -0.39 is 21.5 Å². The fourth-order valence-corrected chi connectivity index (χ4v) is 4.10. The molecule has 8 heteroatoms. The van der Waals surface area contributed by atoms with E-state index in [1.54, 1.807) is 69.3 Å². The summed E-state index contributed by atoms with van der Waals surface area (Å²) in [6, 6.07) is 13.4. The molecule has 156 valence electrons. The van der Waals surface area contributed by atoms with Crippen molar-refractivity contribution in [2.45, 2.75) is 50.5 Å². The van der Waals surface area contributed by atoms with Crippen molar-refractivity contribution in [1.29, 1.82) is 0 Å². The van der Waals surface area contributed by atoms with Gasteiger partial charge in [-0.05, 0) is 62.6 Å². The van der Waals surface area contributed by atoms with Gasteiger partial charge in [-0.2, -0.15) is 0 Å². The number of aryl methyl sites for hydroxylation is 1. The lowest BCUT2D eigenvalue weighted by molar-refractivity contribution is -0.117. The lowest BCUT2D eigenvalue weighted by Crippen LogP contribution is -2.40. The summed E-state index contributed by atoms with van der Waals surface area (Å²) in [5, 5.41) is 2.79. The van der Waals surface area contributed by atoms with Crippen LogP contribution in [0.1, 0.15) is 38.3 Å². The predicted octanol–water partition coefficient (Wildman–Crippen LogP) is 2.36. The minimum atomic E-state index is -3.58. The van der Waals surface area contributed by atoms with Crippen LogP contribution in [0.15, 0.2) is 53.4 Å². The first-order valence-corrected chi connectivity index (χ1v) is 10.7. The third kappa shape index (κ3) is 7.67. The lowest BCUT2D eigenvalue weighted by atomic mass is 10.1. The highest BCUT2D eigenvalue weighted by Gasteiger charge is 2.21. The Bertz CT molecular complexity index is 960. The number of rotatable bonds is 8. The number of hydrogen-bond donors (Lipinski definition) is 3. The van der Waals surface area contributed by atoms with Crippen LogP contribution < -0.4 is 15.8 Å². The van der Waals surface area contributed by atoms with Crippen LogP contribution in [0.2, 0.25) is 0 Å². The quantitative estimate of drug-likeness (QED) is 0.611. The van der Waals surface area contributed by atoms with Gasteiger partial charge in [-0.3, -0.25) is 9.59 Å². The summed E-state index contributed by atoms with van der Waals surface area (Å²) in [6.45, 7) is 5.34. The van der Waals surface area contributed by atoms with Crippen LogP contribution >= 0.6 is 0 Å². The molecular weight excluding hydrogens is 390 g/mol. The van der Waals surface area contributed by atoms with E-state index in [1.165, 1.54) is 0 Å². The average molecular weight is 418 g/mol. The summed E-state index contributed by atoms with van der Waals surface area (Å²) in [4.78, 5) is 23.2. The minimum absolute atomic E-state index is 0.154. The molecule has 2 aromatic carbocycles. The molecule has 2 amide bonds. The number of carbonyl (C=O) groups is 2. The molecule has 0 unspecified atom stereocenters. The molecular formula is C21H27N3O4S. The first-order valence-electron chi connectivity index (χ1n) is 9.25. The van der Waals surface area contributed by atoms with Crippen molar-refractivity contribution in [2.24, 2.45) is 5.73 Å². The molecule has 0 heterocycles. The van der Waals surface area contributed by atoms with E-state index in [-0.39, 0.29) is 23.6 Å². The molecule has 0 aliphatic carbocycles. The van der Waals surface area contributed by atoms with Gasteiger partial charge in [0.05, 0.1) is 11.3 Å². The van der Waals surface area contributed by atoms with Gasteiger partial charge in [0.1, 0.15) is 0 Å². The predicted molar refractivity (Wildman–Crippen MR) is 113 cm³/mol. The van der Waals surface area contributed by atoms with Crippen LogP contribution in [0, 0.1) is 0 Å². The molecule has 2 aromatic rings. The molecule has 0 aliphatic rings. The monoisotopic (exact) mass is 417 g/mol. The summed E-state index contributed by atoms with van der Waals surface area (Å²) in [5.41, 5.74) is 6.88. The van der Waals surface area contributed by atoms with Gasteiger partial charge < -0.3 is 11.1 Å². The number of hydrogen-bond acceptors (Lipinski definition) is 4. The molecule has 29 heavy (non-hydrogen) atoms. The van der Waals surface area contributed by atoms with Crippen molar-refractivity contribution in [1.82, 2.24) is 4.72 Å². The lowest BCUT2D eigenvalue weighted by Gasteiger charge is -2.20. The highest BCUT2D eigenvalue weighted by atomic mass is 32.2. The van der Waals surface area contributed by atoms with Gasteiger partial charge in [-0.25, -0.2) is 13.1 Å². The van der Waals surface area contributed by atoms with E-state index in [4.69, 9.17) is 5.73 Å². The van der Waals surface area contributed by atoms with Crippen LogP contribution in [-0.2, 0) is 32.5 Å². The standard InChI is InChI=1S/C21H27N3O4S/c1-21(2,3)24-29(27,28)18-11-6-15(7-12-18)8-13-20(26)23-17-9-4-16(5-10-17)14-19(22)25/h4-7,9-12,24H,8,13-14H2,1-3H3,(H2,22,25)(H,23,26). The molecule has 0 saturated heterocycles. The van der Waals surface area contributed by atoms with E-state index in [0.717, 1.165) is 11.1 Å². The Kier molecular flexibility index (Phi) is 7.16. The Hall–Kier alpha value is -2.71. The molecule has 0 aromatic heterocycles. The maximum Gasteiger partial charge on any atom is 0.241 e. The van der Waals surface area contributed by atoms with E-state index >= 15 is 0 Å². The summed E-state index contributed by atoms with van der Waals surface area (Å²) in [5.74, 6) is -0.562. The second-order valence-corrected chi connectivity index (χ2v) is 9.57. The summed E-state index contributed by atoms with van der Waals surface area (Å²) >= 11 is 0. The number of nitrogens with two attached hydrogens (primary N) is 1. The first kappa shape index (κ1) is 22.6.